The Morgan fingerprint density at radius 1 is 1.21 bits per heavy atom. The molecule has 1 fully saturated rings. The highest BCUT2D eigenvalue weighted by molar-refractivity contribution is 5.89. The third-order valence-electron chi connectivity index (χ3n) is 6.47. The number of pyridine rings is 1. The molecule has 2 aromatic rings. The van der Waals surface area contributed by atoms with Gasteiger partial charge in [0.05, 0.1) is 31.0 Å². The number of esters is 1. The number of carbonyl (C=O) groups excluding carboxylic acids is 2. The van der Waals surface area contributed by atoms with Crippen molar-refractivity contribution >= 4 is 23.4 Å². The van der Waals surface area contributed by atoms with Crippen molar-refractivity contribution in [3.63, 3.8) is 0 Å². The van der Waals surface area contributed by atoms with Crippen LogP contribution in [0.3, 0.4) is 0 Å². The Balaban J connectivity index is 1.66. The number of fused-ring (bicyclic) bond motifs is 1. The number of benzene rings is 1. The molecule has 1 saturated heterocycles. The Morgan fingerprint density at radius 2 is 1.88 bits per heavy atom. The van der Waals surface area contributed by atoms with Crippen molar-refractivity contribution in [1.29, 1.82) is 0 Å². The summed E-state index contributed by atoms with van der Waals surface area (Å²) in [5, 5.41) is 1.77. The molecule has 9 heteroatoms. The van der Waals surface area contributed by atoms with Crippen LogP contribution in [0.5, 0.6) is 5.75 Å². The number of nitrogens with zero attached hydrogens (tertiary/aromatic N) is 3. The Hall–Kier alpha value is -3.20. The van der Waals surface area contributed by atoms with E-state index < -0.39 is 5.97 Å². The molecule has 0 aliphatic carbocycles. The van der Waals surface area contributed by atoms with Crippen LogP contribution in [-0.2, 0) is 9.53 Å². The highest BCUT2D eigenvalue weighted by Crippen LogP contribution is 2.45. The number of piperidine rings is 1. The fourth-order valence-corrected chi connectivity index (χ4v) is 4.47. The molecule has 2 aliphatic heterocycles. The lowest BCUT2D eigenvalue weighted by molar-refractivity contribution is -0.130. The van der Waals surface area contributed by atoms with Gasteiger partial charge in [-0.05, 0) is 48.9 Å². The van der Waals surface area contributed by atoms with Crippen molar-refractivity contribution < 1.29 is 23.5 Å². The number of methoxy groups -OCH3 is 1. The third-order valence-corrected chi connectivity index (χ3v) is 6.47. The van der Waals surface area contributed by atoms with Gasteiger partial charge in [0.2, 0.25) is 5.91 Å². The quantitative estimate of drug-likeness (QED) is 0.639. The average Bonchev–Trinajstić information content (AvgIpc) is 3.23. The first-order chi connectivity index (χ1) is 16.3. The topological polar surface area (TPSA) is 84.0 Å². The molecule has 1 N–H and O–H groups in total. The second-order valence-electron chi connectivity index (χ2n) is 9.16. The number of ether oxygens (including phenoxy) is 2. The van der Waals surface area contributed by atoms with E-state index in [1.165, 1.54) is 19.2 Å². The van der Waals surface area contributed by atoms with E-state index in [-0.39, 0.29) is 29.4 Å². The van der Waals surface area contributed by atoms with Gasteiger partial charge >= 0.3 is 5.97 Å². The summed E-state index contributed by atoms with van der Waals surface area (Å²) in [5.41, 5.74) is 5.14. The summed E-state index contributed by atoms with van der Waals surface area (Å²) in [7, 11) is 1.31. The van der Waals surface area contributed by atoms with Gasteiger partial charge in [0.1, 0.15) is 11.6 Å². The predicted octanol–water partition coefficient (Wildman–Crippen LogP) is 4.00. The number of hydrogen-bond acceptors (Lipinski definition) is 7. The van der Waals surface area contributed by atoms with Crippen molar-refractivity contribution in [2.75, 3.05) is 31.8 Å². The van der Waals surface area contributed by atoms with Crippen LogP contribution >= 0.6 is 0 Å². The summed E-state index contributed by atoms with van der Waals surface area (Å²) in [6.45, 7) is 7.69. The Kier molecular flexibility index (Phi) is 7.02. The minimum atomic E-state index is -0.561. The fraction of sp³-hybridized carbons (Fsp3) is 0.480. The molecule has 8 nitrogen and oxygen atoms in total. The largest absolute Gasteiger partial charge is 0.493 e. The van der Waals surface area contributed by atoms with Crippen molar-refractivity contribution in [1.82, 2.24) is 15.3 Å². The summed E-state index contributed by atoms with van der Waals surface area (Å²) in [6, 6.07) is 7.60. The third kappa shape index (κ3) is 4.84. The number of likely N-dealkylation sites (tertiary alicyclic amines) is 1. The van der Waals surface area contributed by atoms with E-state index in [0.29, 0.717) is 29.8 Å². The van der Waals surface area contributed by atoms with Crippen LogP contribution in [0, 0.1) is 17.7 Å². The predicted molar refractivity (Wildman–Crippen MR) is 125 cm³/mol. The first kappa shape index (κ1) is 23.9. The van der Waals surface area contributed by atoms with Crippen LogP contribution < -0.4 is 15.2 Å². The highest BCUT2D eigenvalue weighted by Gasteiger charge is 2.37. The summed E-state index contributed by atoms with van der Waals surface area (Å²) in [4.78, 5) is 30.5. The van der Waals surface area contributed by atoms with E-state index >= 15 is 0 Å². The monoisotopic (exact) mass is 470 g/mol. The number of anilines is 2. The summed E-state index contributed by atoms with van der Waals surface area (Å²) >= 11 is 0. The number of hydrazine groups is 1. The minimum absolute atomic E-state index is 0.0979. The first-order valence-corrected chi connectivity index (χ1v) is 11.6. The Labute approximate surface area is 199 Å². The van der Waals surface area contributed by atoms with Crippen LogP contribution in [0.4, 0.5) is 15.9 Å². The zero-order chi connectivity index (χ0) is 24.4. The van der Waals surface area contributed by atoms with E-state index in [4.69, 9.17) is 9.47 Å². The van der Waals surface area contributed by atoms with E-state index in [0.717, 1.165) is 31.5 Å². The zero-order valence-corrected chi connectivity index (χ0v) is 20.0. The van der Waals surface area contributed by atoms with Gasteiger partial charge in [-0.15, -0.1) is 0 Å². The molecular weight excluding hydrogens is 439 g/mol. The Bertz CT molecular complexity index is 1050. The molecule has 1 unspecified atom stereocenters. The van der Waals surface area contributed by atoms with Crippen molar-refractivity contribution in [3.05, 3.63) is 47.4 Å². The number of amides is 1. The lowest BCUT2D eigenvalue weighted by atomic mass is 9.96. The second-order valence-corrected chi connectivity index (χ2v) is 9.16. The number of halogens is 1. The van der Waals surface area contributed by atoms with Crippen LogP contribution in [0.2, 0.25) is 0 Å². The number of hydrogen-bond donors (Lipinski definition) is 1. The summed E-state index contributed by atoms with van der Waals surface area (Å²) in [6.07, 6.45) is 1.73. The molecule has 182 valence electrons. The first-order valence-electron chi connectivity index (χ1n) is 11.6. The van der Waals surface area contributed by atoms with Gasteiger partial charge in [-0.1, -0.05) is 13.8 Å². The van der Waals surface area contributed by atoms with Gasteiger partial charge in [-0.25, -0.2) is 19.6 Å². The molecule has 34 heavy (non-hydrogen) atoms. The van der Waals surface area contributed by atoms with E-state index in [2.05, 4.69) is 24.3 Å². The highest BCUT2D eigenvalue weighted by atomic mass is 19.1. The molecule has 4 rings (SSSR count). The van der Waals surface area contributed by atoms with Crippen molar-refractivity contribution in [3.8, 4) is 5.75 Å². The number of carbonyl (C=O) groups is 2. The van der Waals surface area contributed by atoms with Gasteiger partial charge in [0.25, 0.3) is 0 Å². The molecule has 3 heterocycles. The molecular formula is C25H31FN4O4. The molecule has 0 radical (unpaired) electrons. The molecule has 2 aliphatic rings. The second kappa shape index (κ2) is 9.97. The van der Waals surface area contributed by atoms with Crippen LogP contribution in [0.25, 0.3) is 0 Å². The lowest BCUT2D eigenvalue weighted by Crippen LogP contribution is -2.38. The van der Waals surface area contributed by atoms with E-state index in [1.807, 2.05) is 4.90 Å². The van der Waals surface area contributed by atoms with Gasteiger partial charge in [0.15, 0.2) is 11.5 Å². The van der Waals surface area contributed by atoms with Gasteiger partial charge in [-0.3, -0.25) is 9.80 Å². The summed E-state index contributed by atoms with van der Waals surface area (Å²) in [5.74, 6) is 0.817. The molecule has 0 saturated carbocycles. The SMILES string of the molecule is COC(=O)c1cc(OCC2CCN(C(C)=O)CC2)c2c(n1)N(c1ccc(F)cc1)NC2C(C)C. The number of nitrogens with one attached hydrogen (secondary N) is 1. The summed E-state index contributed by atoms with van der Waals surface area (Å²) < 4.78 is 24.8. The molecule has 0 bridgehead atoms. The van der Waals surface area contributed by atoms with Gasteiger partial charge in [0, 0.05) is 26.1 Å². The normalized spacial score (nSPS) is 18.2. The number of rotatable bonds is 6. The van der Waals surface area contributed by atoms with E-state index in [9.17, 15) is 14.0 Å². The fourth-order valence-electron chi connectivity index (χ4n) is 4.47. The zero-order valence-electron chi connectivity index (χ0n) is 20.0. The smallest absolute Gasteiger partial charge is 0.356 e. The maximum Gasteiger partial charge on any atom is 0.356 e. The molecule has 1 atom stereocenters. The maximum atomic E-state index is 13.5. The van der Waals surface area contributed by atoms with Gasteiger partial charge < -0.3 is 14.4 Å². The number of aromatic nitrogens is 1. The van der Waals surface area contributed by atoms with Crippen molar-refractivity contribution in [2.24, 2.45) is 11.8 Å². The standard InChI is InChI=1S/C25H31FN4O4/c1-15(2)23-22-21(34-14-17-9-11-29(12-10-17)16(3)31)13-20(25(32)33-4)27-24(22)30(28-23)19-7-5-18(26)6-8-19/h5-8,13,15,17,23,28H,9-12,14H2,1-4H3. The average molecular weight is 471 g/mol. The van der Waals surface area contributed by atoms with Crippen molar-refractivity contribution in [2.45, 2.75) is 39.7 Å². The molecule has 1 amide bonds. The minimum Gasteiger partial charge on any atom is -0.493 e. The van der Waals surface area contributed by atoms with Crippen LogP contribution in [-0.4, -0.2) is 48.6 Å². The lowest BCUT2D eigenvalue weighted by Gasteiger charge is -2.31. The molecule has 0 spiro atoms. The maximum absolute atomic E-state index is 13.5. The van der Waals surface area contributed by atoms with Crippen LogP contribution in [0.15, 0.2) is 30.3 Å². The molecule has 1 aromatic carbocycles. The molecule has 1 aromatic heterocycles. The Morgan fingerprint density at radius 3 is 2.47 bits per heavy atom. The van der Waals surface area contributed by atoms with Crippen LogP contribution in [0.1, 0.15) is 55.7 Å². The van der Waals surface area contributed by atoms with Gasteiger partial charge in [-0.2, -0.15) is 0 Å². The van der Waals surface area contributed by atoms with E-state index in [1.54, 1.807) is 30.1 Å².